The van der Waals surface area contributed by atoms with Crippen molar-refractivity contribution in [3.05, 3.63) is 68.2 Å². The van der Waals surface area contributed by atoms with Gasteiger partial charge in [0, 0.05) is 17.8 Å². The fourth-order valence-corrected chi connectivity index (χ4v) is 3.15. The number of benzene rings is 1. The SMILES string of the molecule is Cc1ccc(NC(=O)Cc2ccc(/C=C3\SC(=O)NC3=O)cc2[N+](=O)[O-])nc1. The predicted octanol–water partition coefficient (Wildman–Crippen LogP) is 2.80. The zero-order valence-corrected chi connectivity index (χ0v) is 15.4. The summed E-state index contributed by atoms with van der Waals surface area (Å²) >= 11 is 0.720. The average Bonchev–Trinajstić information content (AvgIpc) is 2.95. The molecule has 3 rings (SSSR count). The maximum Gasteiger partial charge on any atom is 0.290 e. The molecule has 142 valence electrons. The lowest BCUT2D eigenvalue weighted by Crippen LogP contribution is -2.17. The van der Waals surface area contributed by atoms with E-state index in [0.717, 1.165) is 17.3 Å². The van der Waals surface area contributed by atoms with Gasteiger partial charge in [0.15, 0.2) is 0 Å². The topological polar surface area (TPSA) is 131 Å². The second-order valence-electron chi connectivity index (χ2n) is 5.94. The summed E-state index contributed by atoms with van der Waals surface area (Å²) in [7, 11) is 0. The number of pyridine rings is 1. The number of hydrogen-bond acceptors (Lipinski definition) is 7. The molecular formula is C18H14N4O5S. The molecule has 9 nitrogen and oxygen atoms in total. The van der Waals surface area contributed by atoms with Gasteiger partial charge < -0.3 is 5.32 Å². The van der Waals surface area contributed by atoms with Gasteiger partial charge in [0.2, 0.25) is 5.91 Å². The Labute approximate surface area is 163 Å². The highest BCUT2D eigenvalue weighted by Gasteiger charge is 2.25. The number of amides is 3. The van der Waals surface area contributed by atoms with Crippen LogP contribution in [0.5, 0.6) is 0 Å². The third-order valence-electron chi connectivity index (χ3n) is 3.78. The Hall–Kier alpha value is -3.53. The first-order valence-electron chi connectivity index (χ1n) is 8.06. The summed E-state index contributed by atoms with van der Waals surface area (Å²) in [5.74, 6) is -0.637. The first-order valence-corrected chi connectivity index (χ1v) is 8.88. The lowest BCUT2D eigenvalue weighted by molar-refractivity contribution is -0.385. The van der Waals surface area contributed by atoms with E-state index in [0.29, 0.717) is 11.4 Å². The largest absolute Gasteiger partial charge is 0.310 e. The molecule has 1 saturated heterocycles. The van der Waals surface area contributed by atoms with Gasteiger partial charge in [-0.3, -0.25) is 29.8 Å². The lowest BCUT2D eigenvalue weighted by atomic mass is 10.1. The number of carbonyl (C=O) groups excluding carboxylic acids is 3. The van der Waals surface area contributed by atoms with Crippen LogP contribution in [0.4, 0.5) is 16.3 Å². The molecule has 0 bridgehead atoms. The lowest BCUT2D eigenvalue weighted by Gasteiger charge is -2.06. The molecule has 1 aliphatic heterocycles. The third-order valence-corrected chi connectivity index (χ3v) is 4.59. The van der Waals surface area contributed by atoms with Crippen LogP contribution in [0.1, 0.15) is 16.7 Å². The average molecular weight is 398 g/mol. The van der Waals surface area contributed by atoms with E-state index in [1.165, 1.54) is 18.2 Å². The molecule has 0 saturated carbocycles. The number of imide groups is 1. The third kappa shape index (κ3) is 4.60. The number of nitrogens with zero attached hydrogens (tertiary/aromatic N) is 2. The van der Waals surface area contributed by atoms with Crippen LogP contribution in [0.2, 0.25) is 0 Å². The highest BCUT2D eigenvalue weighted by atomic mass is 32.2. The number of hydrogen-bond donors (Lipinski definition) is 2. The van der Waals surface area contributed by atoms with E-state index in [2.05, 4.69) is 15.6 Å². The number of thioether (sulfide) groups is 1. The molecule has 0 atom stereocenters. The number of aromatic nitrogens is 1. The molecule has 3 amide bonds. The Balaban J connectivity index is 1.79. The van der Waals surface area contributed by atoms with Crippen LogP contribution in [-0.4, -0.2) is 27.0 Å². The molecule has 0 aliphatic carbocycles. The first-order chi connectivity index (χ1) is 13.3. The van der Waals surface area contributed by atoms with Gasteiger partial charge in [-0.05, 0) is 42.0 Å². The minimum atomic E-state index is -0.595. The monoisotopic (exact) mass is 398 g/mol. The van der Waals surface area contributed by atoms with E-state index in [9.17, 15) is 24.5 Å². The Morgan fingerprint density at radius 3 is 2.71 bits per heavy atom. The minimum absolute atomic E-state index is 0.148. The van der Waals surface area contributed by atoms with Gasteiger partial charge in [0.1, 0.15) is 5.82 Å². The summed E-state index contributed by atoms with van der Waals surface area (Å²) in [5, 5.41) is 15.6. The minimum Gasteiger partial charge on any atom is -0.310 e. The number of aryl methyl sites for hydroxylation is 1. The molecule has 10 heteroatoms. The molecule has 0 spiro atoms. The van der Waals surface area contributed by atoms with Gasteiger partial charge in [-0.15, -0.1) is 0 Å². The Kier molecular flexibility index (Phi) is 5.50. The normalized spacial score (nSPS) is 14.8. The summed E-state index contributed by atoms with van der Waals surface area (Å²) in [6.07, 6.45) is 2.77. The zero-order valence-electron chi connectivity index (χ0n) is 14.6. The molecule has 28 heavy (non-hydrogen) atoms. The van der Waals surface area contributed by atoms with Gasteiger partial charge in [0.05, 0.1) is 16.2 Å². The number of anilines is 1. The summed E-state index contributed by atoms with van der Waals surface area (Å²) in [6, 6.07) is 7.68. The molecule has 2 heterocycles. The van der Waals surface area contributed by atoms with Gasteiger partial charge >= 0.3 is 0 Å². The van der Waals surface area contributed by atoms with Crippen molar-refractivity contribution in [2.75, 3.05) is 5.32 Å². The molecule has 2 N–H and O–H groups in total. The van der Waals surface area contributed by atoms with Crippen molar-refractivity contribution in [3.8, 4) is 0 Å². The van der Waals surface area contributed by atoms with Gasteiger partial charge in [0.25, 0.3) is 16.8 Å². The van der Waals surface area contributed by atoms with Crippen LogP contribution in [0.15, 0.2) is 41.4 Å². The van der Waals surface area contributed by atoms with Crippen molar-refractivity contribution in [1.29, 1.82) is 0 Å². The van der Waals surface area contributed by atoms with Crippen LogP contribution in [0, 0.1) is 17.0 Å². The van der Waals surface area contributed by atoms with E-state index in [4.69, 9.17) is 0 Å². The highest BCUT2D eigenvalue weighted by molar-refractivity contribution is 8.18. The predicted molar refractivity (Wildman–Crippen MR) is 104 cm³/mol. The molecule has 0 radical (unpaired) electrons. The zero-order chi connectivity index (χ0) is 20.3. The molecule has 1 fully saturated rings. The number of nitro groups is 1. The fourth-order valence-electron chi connectivity index (χ4n) is 2.46. The summed E-state index contributed by atoms with van der Waals surface area (Å²) in [4.78, 5) is 50.0. The smallest absolute Gasteiger partial charge is 0.290 e. The Morgan fingerprint density at radius 1 is 1.32 bits per heavy atom. The Morgan fingerprint density at radius 2 is 2.11 bits per heavy atom. The first kappa shape index (κ1) is 19.2. The maximum atomic E-state index is 12.2. The van der Waals surface area contributed by atoms with Crippen molar-refractivity contribution in [1.82, 2.24) is 10.3 Å². The van der Waals surface area contributed by atoms with E-state index >= 15 is 0 Å². The van der Waals surface area contributed by atoms with Crippen LogP contribution in [0.25, 0.3) is 6.08 Å². The van der Waals surface area contributed by atoms with Crippen molar-refractivity contribution >= 4 is 46.4 Å². The van der Waals surface area contributed by atoms with Crippen molar-refractivity contribution < 1.29 is 19.3 Å². The molecule has 1 aromatic carbocycles. The summed E-state index contributed by atoms with van der Waals surface area (Å²) in [6.45, 7) is 1.86. The quantitative estimate of drug-likeness (QED) is 0.450. The van der Waals surface area contributed by atoms with Gasteiger partial charge in [-0.2, -0.15) is 0 Å². The van der Waals surface area contributed by atoms with Gasteiger partial charge in [-0.1, -0.05) is 18.2 Å². The van der Waals surface area contributed by atoms with Gasteiger partial charge in [-0.25, -0.2) is 4.98 Å². The van der Waals surface area contributed by atoms with E-state index in [1.54, 1.807) is 24.4 Å². The van der Waals surface area contributed by atoms with E-state index in [1.807, 2.05) is 6.92 Å². The van der Waals surface area contributed by atoms with E-state index < -0.39 is 22.0 Å². The van der Waals surface area contributed by atoms with Crippen LogP contribution in [0.3, 0.4) is 0 Å². The second kappa shape index (κ2) is 8.01. The number of nitrogens with one attached hydrogen (secondary N) is 2. The molecular weight excluding hydrogens is 384 g/mol. The Bertz CT molecular complexity index is 1020. The van der Waals surface area contributed by atoms with E-state index in [-0.39, 0.29) is 22.6 Å². The van der Waals surface area contributed by atoms with Crippen molar-refractivity contribution in [2.24, 2.45) is 0 Å². The number of nitro benzene ring substituents is 1. The number of carbonyl (C=O) groups is 3. The molecule has 1 aromatic heterocycles. The summed E-state index contributed by atoms with van der Waals surface area (Å²) in [5.41, 5.74) is 1.28. The molecule has 2 aromatic rings. The maximum absolute atomic E-state index is 12.2. The van der Waals surface area contributed by atoms with Crippen molar-refractivity contribution in [3.63, 3.8) is 0 Å². The molecule has 0 unspecified atom stereocenters. The molecule has 1 aliphatic rings. The highest BCUT2D eigenvalue weighted by Crippen LogP contribution is 2.28. The number of rotatable bonds is 5. The fraction of sp³-hybridized carbons (Fsp3) is 0.111. The van der Waals surface area contributed by atoms with Crippen LogP contribution < -0.4 is 10.6 Å². The summed E-state index contributed by atoms with van der Waals surface area (Å²) < 4.78 is 0. The van der Waals surface area contributed by atoms with Crippen molar-refractivity contribution in [2.45, 2.75) is 13.3 Å². The second-order valence-corrected chi connectivity index (χ2v) is 6.96. The van der Waals surface area contributed by atoms with Crippen LogP contribution in [-0.2, 0) is 16.0 Å². The van der Waals surface area contributed by atoms with Crippen LogP contribution >= 0.6 is 11.8 Å². The standard InChI is InChI=1S/C18H14N4O5S/c1-10-2-5-15(19-9-10)20-16(23)8-12-4-3-11(6-13(12)22(26)27)7-14-17(24)21-18(25)28-14/h2-7,9H,8H2,1H3,(H,19,20,23)(H,21,24,25)/b14-7-.